The molecule has 140 valence electrons. The lowest BCUT2D eigenvalue weighted by Gasteiger charge is -2.23. The van der Waals surface area contributed by atoms with Gasteiger partial charge in [-0.25, -0.2) is 8.42 Å². The molecule has 1 amide bonds. The third-order valence-corrected chi connectivity index (χ3v) is 5.13. The standard InChI is InChI=1S/C18H22ClN3O3S/c1-21(2)16-7-9-17(10-8-16)22(26(3,24)25)12-11-18(23)20-15-6-4-5-14(19)13-15/h4-10,13H,11-12H2,1-3H3,(H,20,23). The molecule has 0 bridgehead atoms. The maximum atomic E-state index is 12.1. The molecule has 6 nitrogen and oxygen atoms in total. The van der Waals surface area contributed by atoms with E-state index < -0.39 is 10.0 Å². The number of carbonyl (C=O) groups is 1. The van der Waals surface area contributed by atoms with Crippen LogP contribution in [-0.4, -0.2) is 41.2 Å². The smallest absolute Gasteiger partial charge is 0.232 e. The van der Waals surface area contributed by atoms with Crippen LogP contribution in [0.1, 0.15) is 6.42 Å². The number of hydrogen-bond acceptors (Lipinski definition) is 4. The fourth-order valence-electron chi connectivity index (χ4n) is 2.40. The van der Waals surface area contributed by atoms with Crippen molar-refractivity contribution in [3.05, 3.63) is 53.6 Å². The third-order valence-electron chi connectivity index (χ3n) is 3.70. The van der Waals surface area contributed by atoms with Crippen LogP contribution in [0.15, 0.2) is 48.5 Å². The van der Waals surface area contributed by atoms with Crippen molar-refractivity contribution in [1.82, 2.24) is 0 Å². The molecule has 0 radical (unpaired) electrons. The van der Waals surface area contributed by atoms with E-state index in [2.05, 4.69) is 5.32 Å². The number of sulfonamides is 1. The molecule has 0 aliphatic carbocycles. The van der Waals surface area contributed by atoms with Crippen molar-refractivity contribution in [2.75, 3.05) is 41.4 Å². The zero-order valence-electron chi connectivity index (χ0n) is 14.9. The van der Waals surface area contributed by atoms with Gasteiger partial charge >= 0.3 is 0 Å². The molecular weight excluding hydrogens is 374 g/mol. The van der Waals surface area contributed by atoms with Crippen molar-refractivity contribution < 1.29 is 13.2 Å². The molecule has 0 aliphatic rings. The second kappa shape index (κ2) is 8.42. The van der Waals surface area contributed by atoms with Crippen molar-refractivity contribution in [2.24, 2.45) is 0 Å². The van der Waals surface area contributed by atoms with Gasteiger partial charge in [0.25, 0.3) is 0 Å². The van der Waals surface area contributed by atoms with E-state index in [1.165, 1.54) is 4.31 Å². The molecule has 0 aromatic heterocycles. The van der Waals surface area contributed by atoms with Gasteiger partial charge in [-0.2, -0.15) is 0 Å². The number of rotatable bonds is 7. The predicted octanol–water partition coefficient (Wildman–Crippen LogP) is 3.20. The van der Waals surface area contributed by atoms with E-state index in [9.17, 15) is 13.2 Å². The van der Waals surface area contributed by atoms with Crippen LogP contribution in [-0.2, 0) is 14.8 Å². The Morgan fingerprint density at radius 2 is 1.69 bits per heavy atom. The van der Waals surface area contributed by atoms with Crippen LogP contribution in [0, 0.1) is 0 Å². The topological polar surface area (TPSA) is 69.7 Å². The van der Waals surface area contributed by atoms with Gasteiger partial charge in [-0.1, -0.05) is 17.7 Å². The summed E-state index contributed by atoms with van der Waals surface area (Å²) in [4.78, 5) is 14.1. The average Bonchev–Trinajstić information content (AvgIpc) is 2.54. The summed E-state index contributed by atoms with van der Waals surface area (Å²) in [5, 5.41) is 3.23. The van der Waals surface area contributed by atoms with Gasteiger partial charge in [-0.3, -0.25) is 9.10 Å². The maximum Gasteiger partial charge on any atom is 0.232 e. The molecule has 2 rings (SSSR count). The van der Waals surface area contributed by atoms with Crippen molar-refractivity contribution in [2.45, 2.75) is 6.42 Å². The second-order valence-corrected chi connectivity index (χ2v) is 8.40. The van der Waals surface area contributed by atoms with Crippen LogP contribution in [0.25, 0.3) is 0 Å². The molecule has 2 aromatic rings. The molecule has 2 aromatic carbocycles. The number of nitrogens with one attached hydrogen (secondary N) is 1. The van der Waals surface area contributed by atoms with Crippen LogP contribution < -0.4 is 14.5 Å². The molecule has 0 spiro atoms. The van der Waals surface area contributed by atoms with E-state index >= 15 is 0 Å². The lowest BCUT2D eigenvalue weighted by Crippen LogP contribution is -2.33. The molecule has 8 heteroatoms. The van der Waals surface area contributed by atoms with Crippen molar-refractivity contribution in [3.63, 3.8) is 0 Å². The number of amides is 1. The first-order valence-electron chi connectivity index (χ1n) is 7.97. The van der Waals surface area contributed by atoms with Gasteiger partial charge in [0.05, 0.1) is 11.9 Å². The predicted molar refractivity (Wildman–Crippen MR) is 108 cm³/mol. The molecule has 1 N–H and O–H groups in total. The quantitative estimate of drug-likeness (QED) is 0.781. The van der Waals surface area contributed by atoms with E-state index in [-0.39, 0.29) is 18.9 Å². The average molecular weight is 396 g/mol. The number of nitrogens with zero attached hydrogens (tertiary/aromatic N) is 2. The molecule has 26 heavy (non-hydrogen) atoms. The monoisotopic (exact) mass is 395 g/mol. The number of anilines is 3. The van der Waals surface area contributed by atoms with Crippen molar-refractivity contribution >= 4 is 44.6 Å². The Kier molecular flexibility index (Phi) is 6.50. The van der Waals surface area contributed by atoms with Gasteiger partial charge in [-0.15, -0.1) is 0 Å². The third kappa shape index (κ3) is 5.64. The molecule has 0 fully saturated rings. The Bertz CT molecular complexity index is 868. The van der Waals surface area contributed by atoms with E-state index in [1.807, 2.05) is 31.1 Å². The van der Waals surface area contributed by atoms with Gasteiger partial charge < -0.3 is 10.2 Å². The van der Waals surface area contributed by atoms with E-state index in [0.29, 0.717) is 16.4 Å². The lowest BCUT2D eigenvalue weighted by molar-refractivity contribution is -0.116. The molecule has 0 unspecified atom stereocenters. The van der Waals surface area contributed by atoms with Gasteiger partial charge in [-0.05, 0) is 42.5 Å². The molecule has 0 saturated heterocycles. The van der Waals surface area contributed by atoms with Gasteiger partial charge in [0.15, 0.2) is 0 Å². The Hall–Kier alpha value is -2.25. The van der Waals surface area contributed by atoms with Crippen LogP contribution in [0.2, 0.25) is 5.02 Å². The van der Waals surface area contributed by atoms with Crippen LogP contribution in [0.4, 0.5) is 17.1 Å². The molecule has 0 atom stereocenters. The lowest BCUT2D eigenvalue weighted by atomic mass is 10.2. The van der Waals surface area contributed by atoms with Crippen LogP contribution >= 0.6 is 11.6 Å². The summed E-state index contributed by atoms with van der Waals surface area (Å²) in [5.41, 5.74) is 2.05. The minimum atomic E-state index is -3.51. The fourth-order valence-corrected chi connectivity index (χ4v) is 3.51. The largest absolute Gasteiger partial charge is 0.378 e. The van der Waals surface area contributed by atoms with Crippen molar-refractivity contribution in [3.8, 4) is 0 Å². The van der Waals surface area contributed by atoms with Crippen LogP contribution in [0.3, 0.4) is 0 Å². The van der Waals surface area contributed by atoms with E-state index in [1.54, 1.807) is 36.4 Å². The first-order valence-corrected chi connectivity index (χ1v) is 10.2. The number of carbonyl (C=O) groups excluding carboxylic acids is 1. The molecule has 0 heterocycles. The zero-order chi connectivity index (χ0) is 19.3. The Labute approximate surface area is 159 Å². The first-order chi connectivity index (χ1) is 12.2. The Balaban J connectivity index is 2.07. The summed E-state index contributed by atoms with van der Waals surface area (Å²) >= 11 is 5.89. The van der Waals surface area contributed by atoms with E-state index in [0.717, 1.165) is 11.9 Å². The Morgan fingerprint density at radius 3 is 2.23 bits per heavy atom. The summed E-state index contributed by atoms with van der Waals surface area (Å²) in [6.07, 6.45) is 1.15. The highest BCUT2D eigenvalue weighted by molar-refractivity contribution is 7.92. The van der Waals surface area contributed by atoms with Gasteiger partial charge in [0, 0.05) is 43.5 Å². The second-order valence-electron chi connectivity index (χ2n) is 6.05. The minimum Gasteiger partial charge on any atom is -0.378 e. The Morgan fingerprint density at radius 1 is 1.08 bits per heavy atom. The zero-order valence-corrected chi connectivity index (χ0v) is 16.5. The molecule has 0 aliphatic heterocycles. The van der Waals surface area contributed by atoms with E-state index in [4.69, 9.17) is 11.6 Å². The number of hydrogen-bond donors (Lipinski definition) is 1. The van der Waals surface area contributed by atoms with Crippen LogP contribution in [0.5, 0.6) is 0 Å². The van der Waals surface area contributed by atoms with Gasteiger partial charge in [0.2, 0.25) is 15.9 Å². The van der Waals surface area contributed by atoms with Crippen molar-refractivity contribution in [1.29, 1.82) is 0 Å². The molecule has 0 saturated carbocycles. The normalized spacial score (nSPS) is 11.1. The minimum absolute atomic E-state index is 0.0228. The first kappa shape index (κ1) is 20.1. The maximum absolute atomic E-state index is 12.1. The highest BCUT2D eigenvalue weighted by Gasteiger charge is 2.18. The summed E-state index contributed by atoms with van der Waals surface area (Å²) in [6, 6.07) is 13.9. The summed E-state index contributed by atoms with van der Waals surface area (Å²) in [5.74, 6) is -0.286. The number of benzene rings is 2. The fraction of sp³-hybridized carbons (Fsp3) is 0.278. The van der Waals surface area contributed by atoms with Gasteiger partial charge in [0.1, 0.15) is 0 Å². The highest BCUT2D eigenvalue weighted by Crippen LogP contribution is 2.22. The SMILES string of the molecule is CN(C)c1ccc(N(CCC(=O)Nc2cccc(Cl)c2)S(C)(=O)=O)cc1. The summed E-state index contributed by atoms with van der Waals surface area (Å²) < 4.78 is 25.5. The summed E-state index contributed by atoms with van der Waals surface area (Å²) in [7, 11) is 0.305. The number of halogens is 1. The molecular formula is C18H22ClN3O3S. The highest BCUT2D eigenvalue weighted by atomic mass is 35.5. The summed E-state index contributed by atoms with van der Waals surface area (Å²) in [6.45, 7) is 0.0482.